The van der Waals surface area contributed by atoms with Crippen LogP contribution in [-0.4, -0.2) is 26.2 Å². The van der Waals surface area contributed by atoms with Crippen LogP contribution in [0.4, 0.5) is 5.69 Å². The van der Waals surface area contributed by atoms with Gasteiger partial charge in [0.15, 0.2) is 0 Å². The molecule has 1 atom stereocenters. The van der Waals surface area contributed by atoms with Gasteiger partial charge in [0.05, 0.1) is 11.6 Å². The smallest absolute Gasteiger partial charge is 0.0992 e. The molecule has 0 aliphatic carbocycles. The van der Waals surface area contributed by atoms with Gasteiger partial charge in [-0.2, -0.15) is 5.26 Å². The van der Waals surface area contributed by atoms with Gasteiger partial charge in [-0.25, -0.2) is 0 Å². The number of nitrogens with zero attached hydrogens (tertiary/aromatic N) is 2. The predicted octanol–water partition coefficient (Wildman–Crippen LogP) is 2.38. The number of hydrogen-bond donors (Lipinski definition) is 1. The highest BCUT2D eigenvalue weighted by Crippen LogP contribution is 2.32. The second kappa shape index (κ2) is 4.99. The van der Waals surface area contributed by atoms with Crippen LogP contribution in [-0.2, 0) is 0 Å². The van der Waals surface area contributed by atoms with Crippen molar-refractivity contribution >= 4 is 5.69 Å². The lowest BCUT2D eigenvalue weighted by Crippen LogP contribution is -2.53. The minimum Gasteiger partial charge on any atom is -0.371 e. The Bertz CT molecular complexity index is 459. The minimum absolute atomic E-state index is 0.246. The number of nitriles is 1. The fourth-order valence-electron chi connectivity index (χ4n) is 2.88. The fourth-order valence-corrected chi connectivity index (χ4v) is 2.88. The van der Waals surface area contributed by atoms with Crippen molar-refractivity contribution in [3.8, 4) is 6.07 Å². The third kappa shape index (κ3) is 2.49. The first kappa shape index (κ1) is 12.9. The second-order valence-electron chi connectivity index (χ2n) is 5.70. The van der Waals surface area contributed by atoms with Crippen molar-refractivity contribution in [2.75, 3.05) is 25.0 Å². The van der Waals surface area contributed by atoms with Crippen molar-refractivity contribution in [3.63, 3.8) is 0 Å². The monoisotopic (exact) mass is 243 g/mol. The molecule has 1 fully saturated rings. The molecule has 1 aromatic rings. The van der Waals surface area contributed by atoms with Gasteiger partial charge in [0.25, 0.3) is 0 Å². The second-order valence-corrected chi connectivity index (χ2v) is 5.70. The summed E-state index contributed by atoms with van der Waals surface area (Å²) in [5.41, 5.74) is 2.15. The van der Waals surface area contributed by atoms with Gasteiger partial charge in [-0.1, -0.05) is 19.9 Å². The van der Waals surface area contributed by atoms with Crippen molar-refractivity contribution < 1.29 is 0 Å². The Morgan fingerprint density at radius 1 is 1.44 bits per heavy atom. The molecule has 1 heterocycles. The van der Waals surface area contributed by atoms with Gasteiger partial charge < -0.3 is 10.2 Å². The maximum atomic E-state index is 8.96. The standard InChI is InChI=1S/C15H21N3/c1-15(2)11-18(8-7-14(15)17-3)13-6-4-5-12(9-13)10-16/h4-6,9,14,17H,7-8,11H2,1-3H3. The molecule has 0 bridgehead atoms. The highest BCUT2D eigenvalue weighted by Gasteiger charge is 2.34. The predicted molar refractivity (Wildman–Crippen MR) is 74.6 cm³/mol. The highest BCUT2D eigenvalue weighted by molar-refractivity contribution is 5.52. The maximum absolute atomic E-state index is 8.96. The number of hydrogen-bond acceptors (Lipinski definition) is 3. The molecule has 0 amide bonds. The zero-order valence-corrected chi connectivity index (χ0v) is 11.4. The summed E-state index contributed by atoms with van der Waals surface area (Å²) in [4.78, 5) is 2.38. The lowest BCUT2D eigenvalue weighted by Gasteiger charge is -2.45. The largest absolute Gasteiger partial charge is 0.371 e. The van der Waals surface area contributed by atoms with Crippen molar-refractivity contribution in [2.24, 2.45) is 5.41 Å². The first-order valence-electron chi connectivity index (χ1n) is 6.49. The van der Waals surface area contributed by atoms with Gasteiger partial charge in [0.1, 0.15) is 0 Å². The van der Waals surface area contributed by atoms with E-state index in [4.69, 9.17) is 5.26 Å². The van der Waals surface area contributed by atoms with Crippen molar-refractivity contribution in [3.05, 3.63) is 29.8 Å². The molecule has 0 aromatic heterocycles. The number of benzene rings is 1. The first-order valence-corrected chi connectivity index (χ1v) is 6.49. The van der Waals surface area contributed by atoms with E-state index in [2.05, 4.69) is 36.2 Å². The first-order chi connectivity index (χ1) is 8.56. The van der Waals surface area contributed by atoms with Crippen LogP contribution in [0.5, 0.6) is 0 Å². The van der Waals surface area contributed by atoms with Gasteiger partial charge in [-0.15, -0.1) is 0 Å². The van der Waals surface area contributed by atoms with E-state index >= 15 is 0 Å². The fraction of sp³-hybridized carbons (Fsp3) is 0.533. The molecule has 1 unspecified atom stereocenters. The Morgan fingerprint density at radius 2 is 2.22 bits per heavy atom. The maximum Gasteiger partial charge on any atom is 0.0992 e. The summed E-state index contributed by atoms with van der Waals surface area (Å²) in [6.45, 7) is 6.67. The molecule has 1 saturated heterocycles. The molecule has 1 aliphatic heterocycles. The number of rotatable bonds is 2. The van der Waals surface area contributed by atoms with Crippen LogP contribution in [0, 0.1) is 16.7 Å². The molecule has 3 heteroatoms. The molecule has 1 aliphatic rings. The van der Waals surface area contributed by atoms with Gasteiger partial charge in [-0.3, -0.25) is 0 Å². The average molecular weight is 243 g/mol. The van der Waals surface area contributed by atoms with E-state index in [1.807, 2.05) is 25.2 Å². The third-order valence-electron chi connectivity index (χ3n) is 3.92. The summed E-state index contributed by atoms with van der Waals surface area (Å²) in [5, 5.41) is 12.4. The third-order valence-corrected chi connectivity index (χ3v) is 3.92. The van der Waals surface area contributed by atoms with Crippen molar-refractivity contribution in [2.45, 2.75) is 26.3 Å². The Morgan fingerprint density at radius 3 is 2.83 bits per heavy atom. The zero-order valence-electron chi connectivity index (χ0n) is 11.4. The van der Waals surface area contributed by atoms with Gasteiger partial charge in [-0.05, 0) is 37.1 Å². The number of anilines is 1. The van der Waals surface area contributed by atoms with Crippen LogP contribution >= 0.6 is 0 Å². The SMILES string of the molecule is CNC1CCN(c2cccc(C#N)c2)CC1(C)C. The average Bonchev–Trinajstić information content (AvgIpc) is 2.37. The Kier molecular flexibility index (Phi) is 3.58. The van der Waals surface area contributed by atoms with Crippen molar-refractivity contribution in [1.82, 2.24) is 5.32 Å². The summed E-state index contributed by atoms with van der Waals surface area (Å²) >= 11 is 0. The Labute approximate surface area is 109 Å². The quantitative estimate of drug-likeness (QED) is 0.867. The molecule has 1 aromatic carbocycles. The van der Waals surface area contributed by atoms with E-state index in [1.165, 1.54) is 0 Å². The van der Waals surface area contributed by atoms with E-state index in [0.29, 0.717) is 6.04 Å². The summed E-state index contributed by atoms with van der Waals surface area (Å²) in [6.07, 6.45) is 1.14. The molecule has 3 nitrogen and oxygen atoms in total. The molecular weight excluding hydrogens is 222 g/mol. The van der Waals surface area contributed by atoms with Gasteiger partial charge in [0, 0.05) is 24.8 Å². The highest BCUT2D eigenvalue weighted by atomic mass is 15.2. The molecule has 0 radical (unpaired) electrons. The molecule has 0 saturated carbocycles. The molecular formula is C15H21N3. The van der Waals surface area contributed by atoms with Crippen LogP contribution < -0.4 is 10.2 Å². The number of nitrogens with one attached hydrogen (secondary N) is 1. The summed E-state index contributed by atoms with van der Waals surface area (Å²) < 4.78 is 0. The minimum atomic E-state index is 0.246. The molecule has 0 spiro atoms. The normalized spacial score (nSPS) is 22.6. The van der Waals surface area contributed by atoms with Crippen LogP contribution in [0.3, 0.4) is 0 Å². The lowest BCUT2D eigenvalue weighted by atomic mass is 9.79. The summed E-state index contributed by atoms with van der Waals surface area (Å²) in [7, 11) is 2.04. The van der Waals surface area contributed by atoms with Crippen LogP contribution in [0.1, 0.15) is 25.8 Å². The summed E-state index contributed by atoms with van der Waals surface area (Å²) in [6, 6.07) is 10.7. The molecule has 18 heavy (non-hydrogen) atoms. The van der Waals surface area contributed by atoms with Crippen LogP contribution in [0.15, 0.2) is 24.3 Å². The molecule has 2 rings (SSSR count). The lowest BCUT2D eigenvalue weighted by molar-refractivity contribution is 0.215. The van der Waals surface area contributed by atoms with Crippen molar-refractivity contribution in [1.29, 1.82) is 5.26 Å². The van der Waals surface area contributed by atoms with Crippen LogP contribution in [0.25, 0.3) is 0 Å². The van der Waals surface area contributed by atoms with Crippen LogP contribution in [0.2, 0.25) is 0 Å². The molecule has 1 N–H and O–H groups in total. The summed E-state index contributed by atoms with van der Waals surface area (Å²) in [5.74, 6) is 0. The Hall–Kier alpha value is -1.53. The topological polar surface area (TPSA) is 39.1 Å². The van der Waals surface area contributed by atoms with E-state index < -0.39 is 0 Å². The van der Waals surface area contributed by atoms with E-state index in [1.54, 1.807) is 0 Å². The van der Waals surface area contributed by atoms with E-state index in [-0.39, 0.29) is 5.41 Å². The number of piperidine rings is 1. The van der Waals surface area contributed by atoms with Gasteiger partial charge >= 0.3 is 0 Å². The van der Waals surface area contributed by atoms with E-state index in [9.17, 15) is 0 Å². The Balaban J connectivity index is 2.18. The molecule has 96 valence electrons. The zero-order chi connectivity index (χ0) is 13.2. The van der Waals surface area contributed by atoms with Gasteiger partial charge in [0.2, 0.25) is 0 Å². The van der Waals surface area contributed by atoms with E-state index in [0.717, 1.165) is 30.8 Å².